The highest BCUT2D eigenvalue weighted by molar-refractivity contribution is 6.05. The van der Waals surface area contributed by atoms with Gasteiger partial charge >= 0.3 is 0 Å². The first-order chi connectivity index (χ1) is 14.7. The molecule has 1 aliphatic rings. The number of amides is 1. The molecular weight excluding hydrogens is 380 g/mol. The summed E-state index contributed by atoms with van der Waals surface area (Å²) in [6.45, 7) is 2.93. The fraction of sp³-hybridized carbons (Fsp3) is 0.304. The minimum atomic E-state index is -0.352. The molecule has 0 spiro atoms. The summed E-state index contributed by atoms with van der Waals surface area (Å²) in [4.78, 5) is 39.7. The first-order valence-corrected chi connectivity index (χ1v) is 10.2. The number of hydrogen-bond donors (Lipinski definition) is 1. The van der Waals surface area contributed by atoms with Gasteiger partial charge in [0, 0.05) is 24.9 Å². The van der Waals surface area contributed by atoms with Crippen LogP contribution in [-0.2, 0) is 4.74 Å². The molecule has 1 fully saturated rings. The molecule has 1 amide bonds. The summed E-state index contributed by atoms with van der Waals surface area (Å²) in [5.41, 5.74) is 1.90. The number of rotatable bonds is 5. The van der Waals surface area contributed by atoms with Crippen molar-refractivity contribution in [2.24, 2.45) is 0 Å². The SMILES string of the molecule is CCN(C(=O)c1nc(-c2ccccc2)c(=O)[nH]c1C1CCCCO1)c1cccnc1. The van der Waals surface area contributed by atoms with Gasteiger partial charge in [0.25, 0.3) is 11.5 Å². The fourth-order valence-electron chi connectivity index (χ4n) is 3.70. The summed E-state index contributed by atoms with van der Waals surface area (Å²) in [5, 5.41) is 0. The molecule has 1 N–H and O–H groups in total. The predicted molar refractivity (Wildman–Crippen MR) is 114 cm³/mol. The molecule has 1 unspecified atom stereocenters. The van der Waals surface area contributed by atoms with Crippen molar-refractivity contribution in [3.8, 4) is 11.3 Å². The number of pyridine rings is 1. The van der Waals surface area contributed by atoms with E-state index in [9.17, 15) is 9.59 Å². The second-order valence-electron chi connectivity index (χ2n) is 7.16. The Balaban J connectivity index is 1.84. The maximum atomic E-state index is 13.6. The Bertz CT molecular complexity index is 1060. The smallest absolute Gasteiger partial charge is 0.278 e. The Kier molecular flexibility index (Phi) is 5.99. The average Bonchev–Trinajstić information content (AvgIpc) is 2.81. The number of ether oxygens (including phenoxy) is 1. The number of aromatic nitrogens is 3. The van der Waals surface area contributed by atoms with E-state index in [1.165, 1.54) is 0 Å². The zero-order chi connectivity index (χ0) is 20.9. The van der Waals surface area contributed by atoms with Crippen LogP contribution in [0.3, 0.4) is 0 Å². The maximum absolute atomic E-state index is 13.6. The van der Waals surface area contributed by atoms with Gasteiger partial charge in [-0.25, -0.2) is 4.98 Å². The lowest BCUT2D eigenvalue weighted by atomic mass is 10.0. The van der Waals surface area contributed by atoms with Crippen LogP contribution in [0.1, 0.15) is 48.5 Å². The Morgan fingerprint density at radius 2 is 2.03 bits per heavy atom. The van der Waals surface area contributed by atoms with Crippen molar-refractivity contribution in [1.82, 2.24) is 15.0 Å². The standard InChI is InChI=1S/C23H24N4O3/c1-2-27(17-11-8-13-24-15-17)23(29)21-20(18-12-6-7-14-30-18)26-22(28)19(25-21)16-9-4-3-5-10-16/h3-5,8-11,13,15,18H,2,6-7,12,14H2,1H3,(H,26,28). The Labute approximate surface area is 174 Å². The molecule has 1 aromatic carbocycles. The molecule has 30 heavy (non-hydrogen) atoms. The predicted octanol–water partition coefficient (Wildman–Crippen LogP) is 3.74. The molecule has 1 atom stereocenters. The summed E-state index contributed by atoms with van der Waals surface area (Å²) in [6.07, 6.45) is 5.63. The Morgan fingerprint density at radius 3 is 2.70 bits per heavy atom. The van der Waals surface area contributed by atoms with Crippen LogP contribution < -0.4 is 10.5 Å². The highest BCUT2D eigenvalue weighted by Crippen LogP contribution is 2.29. The largest absolute Gasteiger partial charge is 0.372 e. The highest BCUT2D eigenvalue weighted by atomic mass is 16.5. The van der Waals surface area contributed by atoms with Crippen LogP contribution in [0.2, 0.25) is 0 Å². The van der Waals surface area contributed by atoms with Gasteiger partial charge in [0.1, 0.15) is 5.69 Å². The van der Waals surface area contributed by atoms with Crippen molar-refractivity contribution < 1.29 is 9.53 Å². The van der Waals surface area contributed by atoms with Crippen molar-refractivity contribution >= 4 is 11.6 Å². The van der Waals surface area contributed by atoms with E-state index in [2.05, 4.69) is 15.0 Å². The second kappa shape index (κ2) is 9.00. The summed E-state index contributed by atoms with van der Waals surface area (Å²) in [5.74, 6) is -0.289. The Hall–Kier alpha value is -3.32. The normalized spacial score (nSPS) is 16.2. The molecule has 2 aromatic heterocycles. The van der Waals surface area contributed by atoms with E-state index in [-0.39, 0.29) is 29.0 Å². The Morgan fingerprint density at radius 1 is 1.20 bits per heavy atom. The molecule has 0 aliphatic carbocycles. The number of aromatic amines is 1. The number of nitrogens with zero attached hydrogens (tertiary/aromatic N) is 3. The van der Waals surface area contributed by atoms with Crippen LogP contribution in [0.25, 0.3) is 11.3 Å². The molecule has 3 aromatic rings. The molecule has 1 aliphatic heterocycles. The topological polar surface area (TPSA) is 88.2 Å². The average molecular weight is 404 g/mol. The molecule has 0 radical (unpaired) electrons. The first kappa shape index (κ1) is 20.0. The van der Waals surface area contributed by atoms with Gasteiger partial charge in [-0.05, 0) is 38.3 Å². The number of anilines is 1. The third-order valence-electron chi connectivity index (χ3n) is 5.21. The van der Waals surface area contributed by atoms with Crippen molar-refractivity contribution in [3.63, 3.8) is 0 Å². The van der Waals surface area contributed by atoms with Crippen LogP contribution in [0, 0.1) is 0 Å². The van der Waals surface area contributed by atoms with Gasteiger partial charge in [0.15, 0.2) is 5.69 Å². The molecule has 0 saturated carbocycles. The monoisotopic (exact) mass is 404 g/mol. The lowest BCUT2D eigenvalue weighted by Gasteiger charge is -2.26. The van der Waals surface area contributed by atoms with Crippen molar-refractivity contribution in [2.75, 3.05) is 18.1 Å². The van der Waals surface area contributed by atoms with E-state index >= 15 is 0 Å². The summed E-state index contributed by atoms with van der Waals surface area (Å²) in [7, 11) is 0. The highest BCUT2D eigenvalue weighted by Gasteiger charge is 2.29. The lowest BCUT2D eigenvalue weighted by Crippen LogP contribution is -2.35. The molecule has 3 heterocycles. The van der Waals surface area contributed by atoms with E-state index in [0.717, 1.165) is 19.3 Å². The third kappa shape index (κ3) is 4.02. The third-order valence-corrected chi connectivity index (χ3v) is 5.21. The molecule has 1 saturated heterocycles. The summed E-state index contributed by atoms with van der Waals surface area (Å²) < 4.78 is 5.88. The van der Waals surface area contributed by atoms with E-state index < -0.39 is 0 Å². The molecule has 7 nitrogen and oxygen atoms in total. The van der Waals surface area contributed by atoms with Crippen LogP contribution in [-0.4, -0.2) is 34.0 Å². The van der Waals surface area contributed by atoms with Crippen molar-refractivity contribution in [1.29, 1.82) is 0 Å². The van der Waals surface area contributed by atoms with Gasteiger partial charge in [-0.1, -0.05) is 30.3 Å². The molecule has 4 rings (SSSR count). The number of benzene rings is 1. The van der Waals surface area contributed by atoms with E-state index in [1.807, 2.05) is 31.2 Å². The van der Waals surface area contributed by atoms with Gasteiger partial charge in [-0.2, -0.15) is 0 Å². The zero-order valence-corrected chi connectivity index (χ0v) is 16.9. The van der Waals surface area contributed by atoms with Crippen LogP contribution in [0.5, 0.6) is 0 Å². The minimum Gasteiger partial charge on any atom is -0.372 e. The van der Waals surface area contributed by atoms with E-state index in [1.54, 1.807) is 35.5 Å². The molecule has 0 bridgehead atoms. The second-order valence-corrected chi connectivity index (χ2v) is 7.16. The number of carbonyl (C=O) groups excluding carboxylic acids is 1. The molecular formula is C23H24N4O3. The summed E-state index contributed by atoms with van der Waals surface area (Å²) >= 11 is 0. The van der Waals surface area contributed by atoms with Crippen LogP contribution >= 0.6 is 0 Å². The maximum Gasteiger partial charge on any atom is 0.278 e. The van der Waals surface area contributed by atoms with Crippen molar-refractivity contribution in [2.45, 2.75) is 32.3 Å². The van der Waals surface area contributed by atoms with E-state index in [4.69, 9.17) is 4.74 Å². The number of hydrogen-bond acceptors (Lipinski definition) is 5. The fourth-order valence-corrected chi connectivity index (χ4v) is 3.70. The van der Waals surface area contributed by atoms with Crippen molar-refractivity contribution in [3.05, 3.63) is 76.6 Å². The van der Waals surface area contributed by atoms with Crippen LogP contribution in [0.4, 0.5) is 5.69 Å². The van der Waals surface area contributed by atoms with Gasteiger partial charge in [0.05, 0.1) is 23.7 Å². The van der Waals surface area contributed by atoms with Gasteiger partial charge in [-0.15, -0.1) is 0 Å². The van der Waals surface area contributed by atoms with Gasteiger partial charge in [-0.3, -0.25) is 14.6 Å². The summed E-state index contributed by atoms with van der Waals surface area (Å²) in [6, 6.07) is 12.8. The number of nitrogens with one attached hydrogen (secondary N) is 1. The zero-order valence-electron chi connectivity index (χ0n) is 16.9. The molecule has 154 valence electrons. The minimum absolute atomic E-state index is 0.214. The lowest BCUT2D eigenvalue weighted by molar-refractivity contribution is 0.0114. The van der Waals surface area contributed by atoms with Gasteiger partial charge in [0.2, 0.25) is 0 Å². The molecule has 7 heteroatoms. The van der Waals surface area contributed by atoms with Crippen LogP contribution in [0.15, 0.2) is 59.7 Å². The van der Waals surface area contributed by atoms with Gasteiger partial charge < -0.3 is 14.6 Å². The number of carbonyl (C=O) groups is 1. The quantitative estimate of drug-likeness (QED) is 0.700. The first-order valence-electron chi connectivity index (χ1n) is 10.2. The van der Waals surface area contributed by atoms with E-state index in [0.29, 0.717) is 30.1 Å². The number of H-pyrrole nitrogens is 1.